The first kappa shape index (κ1) is 11.0. The fourth-order valence-corrected chi connectivity index (χ4v) is 2.77. The molecular weight excluding hydrogens is 242 g/mol. The van der Waals surface area contributed by atoms with E-state index in [1.807, 2.05) is 24.3 Å². The summed E-state index contributed by atoms with van der Waals surface area (Å²) in [5.74, 6) is 2.70. The molecule has 1 spiro atoms. The van der Waals surface area contributed by atoms with Gasteiger partial charge in [0.2, 0.25) is 0 Å². The van der Waals surface area contributed by atoms with Crippen LogP contribution in [0.3, 0.4) is 0 Å². The zero-order valence-electron chi connectivity index (χ0n) is 10.8. The maximum absolute atomic E-state index is 5.62. The third-order valence-electron chi connectivity index (χ3n) is 3.96. The first-order valence-electron chi connectivity index (χ1n) is 6.49. The summed E-state index contributed by atoms with van der Waals surface area (Å²) >= 11 is 0. The Morgan fingerprint density at radius 2 is 2.21 bits per heavy atom. The molecule has 5 heteroatoms. The first-order valence-corrected chi connectivity index (χ1v) is 6.49. The van der Waals surface area contributed by atoms with Crippen LogP contribution in [0.25, 0.3) is 11.4 Å². The van der Waals surface area contributed by atoms with Crippen LogP contribution in [0.2, 0.25) is 0 Å². The molecule has 0 bridgehead atoms. The van der Waals surface area contributed by atoms with Gasteiger partial charge in [0.25, 0.3) is 0 Å². The molecule has 1 aliphatic carbocycles. The molecule has 0 radical (unpaired) electrons. The summed E-state index contributed by atoms with van der Waals surface area (Å²) in [6, 6.07) is 7.97. The minimum Gasteiger partial charge on any atom is -0.497 e. The zero-order chi connectivity index (χ0) is 12.9. The van der Waals surface area contributed by atoms with Crippen LogP contribution >= 0.6 is 0 Å². The lowest BCUT2D eigenvalue weighted by Gasteiger charge is -2.26. The number of fused-ring (bicyclic) bond motifs is 2. The van der Waals surface area contributed by atoms with Crippen molar-refractivity contribution in [3.05, 3.63) is 30.1 Å². The first-order chi connectivity index (χ1) is 9.32. The number of methoxy groups -OCH3 is 1. The number of rotatable bonds is 2. The van der Waals surface area contributed by atoms with Crippen molar-refractivity contribution in [3.8, 4) is 17.1 Å². The van der Waals surface area contributed by atoms with E-state index in [0.29, 0.717) is 6.61 Å². The quantitative estimate of drug-likeness (QED) is 0.825. The van der Waals surface area contributed by atoms with Crippen LogP contribution in [0.15, 0.2) is 24.3 Å². The Kier molecular flexibility index (Phi) is 2.20. The zero-order valence-corrected chi connectivity index (χ0v) is 10.8. The van der Waals surface area contributed by atoms with Crippen molar-refractivity contribution < 1.29 is 9.47 Å². The van der Waals surface area contributed by atoms with Gasteiger partial charge in [0.15, 0.2) is 11.6 Å². The maximum Gasteiger partial charge on any atom is 0.164 e. The molecular formula is C14H15N3O2. The van der Waals surface area contributed by atoms with Gasteiger partial charge in [-0.05, 0) is 25.0 Å². The van der Waals surface area contributed by atoms with E-state index in [1.54, 1.807) is 7.11 Å². The van der Waals surface area contributed by atoms with Gasteiger partial charge in [0.1, 0.15) is 12.4 Å². The molecule has 1 saturated carbocycles. The summed E-state index contributed by atoms with van der Waals surface area (Å²) in [5.41, 5.74) is 1.15. The lowest BCUT2D eigenvalue weighted by atomic mass is 10.1. The van der Waals surface area contributed by atoms with E-state index in [9.17, 15) is 0 Å². The molecule has 0 amide bonds. The summed E-state index contributed by atoms with van der Waals surface area (Å²) in [4.78, 5) is 0. The Labute approximate surface area is 111 Å². The molecule has 1 aromatic heterocycles. The third kappa shape index (κ3) is 1.58. The van der Waals surface area contributed by atoms with Crippen molar-refractivity contribution in [1.29, 1.82) is 0 Å². The maximum atomic E-state index is 5.62. The van der Waals surface area contributed by atoms with Crippen LogP contribution in [0.5, 0.6) is 5.75 Å². The number of aromatic nitrogens is 3. The minimum absolute atomic E-state index is 0.107. The lowest BCUT2D eigenvalue weighted by Crippen LogP contribution is -2.31. The van der Waals surface area contributed by atoms with Crippen LogP contribution in [0.4, 0.5) is 0 Å². The number of benzene rings is 1. The molecule has 0 saturated heterocycles. The molecule has 5 nitrogen and oxygen atoms in total. The summed E-state index contributed by atoms with van der Waals surface area (Å²) < 4.78 is 13.2. The smallest absolute Gasteiger partial charge is 0.164 e. The highest BCUT2D eigenvalue weighted by atomic mass is 16.5. The van der Waals surface area contributed by atoms with E-state index < -0.39 is 0 Å². The monoisotopic (exact) mass is 257 g/mol. The second-order valence-corrected chi connectivity index (χ2v) is 5.22. The molecule has 2 aliphatic rings. The summed E-state index contributed by atoms with van der Waals surface area (Å²) in [6.45, 7) is 1.33. The Morgan fingerprint density at radius 1 is 1.32 bits per heavy atom. The summed E-state index contributed by atoms with van der Waals surface area (Å²) in [6.07, 6.45) is 2.30. The normalized spacial score (nSPS) is 19.2. The molecule has 0 N–H and O–H groups in total. The number of hydrogen-bond donors (Lipinski definition) is 0. The molecule has 0 unspecified atom stereocenters. The second-order valence-electron chi connectivity index (χ2n) is 5.22. The molecule has 0 atom stereocenters. The van der Waals surface area contributed by atoms with E-state index in [4.69, 9.17) is 9.47 Å². The van der Waals surface area contributed by atoms with Crippen molar-refractivity contribution in [1.82, 2.24) is 14.8 Å². The standard InChI is InChI=1S/C14H15N3O2/c1-18-11-4-2-3-10(7-11)13-16-15-12-8-19-9-14(5-6-14)17(12)13/h2-4,7H,5-6,8-9H2,1H3. The van der Waals surface area contributed by atoms with Gasteiger partial charge in [-0.2, -0.15) is 0 Å². The second kappa shape index (κ2) is 3.81. The average molecular weight is 257 g/mol. The minimum atomic E-state index is 0.107. The Bertz CT molecular complexity index is 631. The highest BCUT2D eigenvalue weighted by Crippen LogP contribution is 2.48. The molecule has 2 aromatic rings. The Morgan fingerprint density at radius 3 is 3.00 bits per heavy atom. The fraction of sp³-hybridized carbons (Fsp3) is 0.429. The largest absolute Gasteiger partial charge is 0.497 e. The van der Waals surface area contributed by atoms with Crippen molar-refractivity contribution >= 4 is 0 Å². The molecule has 2 heterocycles. The SMILES string of the molecule is COc1cccc(-c2nnc3n2C2(CC2)COC3)c1. The van der Waals surface area contributed by atoms with Gasteiger partial charge in [-0.25, -0.2) is 0 Å². The number of nitrogens with zero attached hydrogens (tertiary/aromatic N) is 3. The predicted octanol–water partition coefficient (Wildman–Crippen LogP) is 1.97. The molecule has 1 aliphatic heterocycles. The van der Waals surface area contributed by atoms with Crippen LogP contribution in [-0.4, -0.2) is 28.5 Å². The van der Waals surface area contributed by atoms with Gasteiger partial charge in [-0.3, -0.25) is 0 Å². The van der Waals surface area contributed by atoms with Crippen LogP contribution in [-0.2, 0) is 16.9 Å². The van der Waals surface area contributed by atoms with E-state index in [1.165, 1.54) is 0 Å². The number of ether oxygens (including phenoxy) is 2. The molecule has 1 aromatic carbocycles. The summed E-state index contributed by atoms with van der Waals surface area (Å²) in [5, 5.41) is 8.63. The van der Waals surface area contributed by atoms with Crippen molar-refractivity contribution in [3.63, 3.8) is 0 Å². The topological polar surface area (TPSA) is 49.2 Å². The van der Waals surface area contributed by atoms with E-state index >= 15 is 0 Å². The van der Waals surface area contributed by atoms with Gasteiger partial charge < -0.3 is 14.0 Å². The van der Waals surface area contributed by atoms with Crippen molar-refractivity contribution in [2.24, 2.45) is 0 Å². The highest BCUT2D eigenvalue weighted by Gasteiger charge is 2.49. The van der Waals surface area contributed by atoms with Crippen molar-refractivity contribution in [2.75, 3.05) is 13.7 Å². The predicted molar refractivity (Wildman–Crippen MR) is 68.9 cm³/mol. The molecule has 98 valence electrons. The van der Waals surface area contributed by atoms with Gasteiger partial charge >= 0.3 is 0 Å². The van der Waals surface area contributed by atoms with Gasteiger partial charge in [-0.15, -0.1) is 10.2 Å². The van der Waals surface area contributed by atoms with Gasteiger partial charge in [0, 0.05) is 5.56 Å². The lowest BCUT2D eigenvalue weighted by molar-refractivity contribution is 0.0454. The van der Waals surface area contributed by atoms with Gasteiger partial charge in [0.05, 0.1) is 19.3 Å². The molecule has 19 heavy (non-hydrogen) atoms. The van der Waals surface area contributed by atoms with Crippen LogP contribution < -0.4 is 4.74 Å². The van der Waals surface area contributed by atoms with E-state index in [-0.39, 0.29) is 5.54 Å². The highest BCUT2D eigenvalue weighted by molar-refractivity contribution is 5.58. The molecule has 4 rings (SSSR count). The van der Waals surface area contributed by atoms with E-state index in [2.05, 4.69) is 14.8 Å². The van der Waals surface area contributed by atoms with Crippen LogP contribution in [0.1, 0.15) is 18.7 Å². The van der Waals surface area contributed by atoms with E-state index in [0.717, 1.165) is 42.4 Å². The average Bonchev–Trinajstić information content (AvgIpc) is 3.07. The van der Waals surface area contributed by atoms with Gasteiger partial charge in [-0.1, -0.05) is 12.1 Å². The number of hydrogen-bond acceptors (Lipinski definition) is 4. The third-order valence-corrected chi connectivity index (χ3v) is 3.96. The van der Waals surface area contributed by atoms with Crippen molar-refractivity contribution in [2.45, 2.75) is 25.0 Å². The Balaban J connectivity index is 1.86. The Hall–Kier alpha value is -1.88. The fourth-order valence-electron chi connectivity index (χ4n) is 2.77. The summed E-state index contributed by atoms with van der Waals surface area (Å²) in [7, 11) is 1.68. The van der Waals surface area contributed by atoms with Crippen LogP contribution in [0, 0.1) is 0 Å². The molecule has 1 fully saturated rings.